The summed E-state index contributed by atoms with van der Waals surface area (Å²) in [5.41, 5.74) is 6.29. The number of aryl methyl sites for hydroxylation is 2. The van der Waals surface area contributed by atoms with E-state index in [4.69, 9.17) is 0 Å². The van der Waals surface area contributed by atoms with Crippen LogP contribution in [0, 0.1) is 13.8 Å². The van der Waals surface area contributed by atoms with E-state index in [-0.39, 0.29) is 6.04 Å². The highest BCUT2D eigenvalue weighted by molar-refractivity contribution is 7.81. The van der Waals surface area contributed by atoms with Gasteiger partial charge >= 0.3 is 0 Å². The molecule has 2 rings (SSSR count). The Bertz CT molecular complexity index is 654. The topological polar surface area (TPSA) is 24.1 Å². The maximum atomic E-state index is 4.30. The third kappa shape index (κ3) is 5.79. The van der Waals surface area contributed by atoms with Crippen LogP contribution in [0.1, 0.15) is 67.3 Å². The van der Waals surface area contributed by atoms with Crippen LogP contribution in [0.15, 0.2) is 42.5 Å². The fraction of sp³-hybridized carbons (Fsp3) is 0.455. The Morgan fingerprint density at radius 2 is 1.68 bits per heavy atom. The molecule has 0 radical (unpaired) electrons. The number of rotatable bonds is 10. The van der Waals surface area contributed by atoms with Gasteiger partial charge < -0.3 is 10.0 Å². The van der Waals surface area contributed by atoms with Crippen molar-refractivity contribution in [2.24, 2.45) is 0 Å². The van der Waals surface area contributed by atoms with Gasteiger partial charge in [-0.1, -0.05) is 87.4 Å². The molecular weight excluding hydrogens is 324 g/mol. The Kier molecular flexibility index (Phi) is 8.36. The van der Waals surface area contributed by atoms with Gasteiger partial charge in [0.1, 0.15) is 0 Å². The van der Waals surface area contributed by atoms with Crippen molar-refractivity contribution in [2.45, 2.75) is 58.9 Å². The van der Waals surface area contributed by atoms with E-state index in [1.54, 1.807) is 0 Å². The molecule has 2 N–H and O–H groups in total. The van der Waals surface area contributed by atoms with Crippen molar-refractivity contribution in [1.29, 1.82) is 0 Å². The van der Waals surface area contributed by atoms with Crippen molar-refractivity contribution >= 4 is 18.5 Å². The summed E-state index contributed by atoms with van der Waals surface area (Å²) in [4.78, 5) is 0. The summed E-state index contributed by atoms with van der Waals surface area (Å²) in [6, 6.07) is 15.3. The molecule has 0 aliphatic heterocycles. The van der Waals surface area contributed by atoms with E-state index in [0.717, 1.165) is 12.2 Å². The van der Waals surface area contributed by atoms with E-state index in [0.29, 0.717) is 0 Å². The van der Waals surface area contributed by atoms with Crippen molar-refractivity contribution in [2.75, 3.05) is 11.3 Å². The molecule has 25 heavy (non-hydrogen) atoms. The van der Waals surface area contributed by atoms with Gasteiger partial charge in [-0.3, -0.25) is 0 Å². The molecule has 0 saturated heterocycles. The summed E-state index contributed by atoms with van der Waals surface area (Å²) in [6.45, 7) is 7.64. The minimum absolute atomic E-state index is 0.183. The van der Waals surface area contributed by atoms with Gasteiger partial charge in [0, 0.05) is 5.69 Å². The molecular formula is C22H32N2S. The van der Waals surface area contributed by atoms with Gasteiger partial charge in [-0.2, -0.15) is 0 Å². The highest BCUT2D eigenvalue weighted by Gasteiger charge is 2.18. The Morgan fingerprint density at radius 1 is 0.920 bits per heavy atom. The lowest BCUT2D eigenvalue weighted by Gasteiger charge is -2.24. The maximum Gasteiger partial charge on any atom is 0.0600 e. The third-order valence-electron chi connectivity index (χ3n) is 4.76. The Balaban J connectivity index is 2.19. The molecule has 1 unspecified atom stereocenters. The minimum atomic E-state index is 0.183. The number of thiol groups is 1. The van der Waals surface area contributed by atoms with Crippen LogP contribution in [0.4, 0.5) is 5.69 Å². The lowest BCUT2D eigenvalue weighted by molar-refractivity contribution is 0.548. The summed E-state index contributed by atoms with van der Waals surface area (Å²) >= 11 is 4.30. The first kappa shape index (κ1) is 19.9. The quantitative estimate of drug-likeness (QED) is 0.348. The van der Waals surface area contributed by atoms with Crippen molar-refractivity contribution in [3.63, 3.8) is 0 Å². The molecule has 2 aromatic carbocycles. The van der Waals surface area contributed by atoms with Gasteiger partial charge in [0.05, 0.1) is 6.04 Å². The zero-order valence-electron chi connectivity index (χ0n) is 15.8. The highest BCUT2D eigenvalue weighted by atomic mass is 32.1. The summed E-state index contributed by atoms with van der Waals surface area (Å²) in [6.07, 6.45) is 6.48. The second-order valence-electron chi connectivity index (χ2n) is 6.86. The number of anilines is 1. The molecule has 0 bridgehead atoms. The Labute approximate surface area is 159 Å². The predicted molar refractivity (Wildman–Crippen MR) is 114 cm³/mol. The average Bonchev–Trinajstić information content (AvgIpc) is 2.62. The summed E-state index contributed by atoms with van der Waals surface area (Å²) in [5, 5.41) is 3.79. The van der Waals surface area contributed by atoms with Crippen LogP contribution in [-0.2, 0) is 0 Å². The molecule has 0 amide bonds. The number of hydrogen-bond acceptors (Lipinski definition) is 3. The fourth-order valence-corrected chi connectivity index (χ4v) is 3.57. The maximum absolute atomic E-state index is 4.30. The second kappa shape index (κ2) is 10.5. The van der Waals surface area contributed by atoms with Crippen LogP contribution < -0.4 is 10.0 Å². The van der Waals surface area contributed by atoms with Gasteiger partial charge in [0.2, 0.25) is 0 Å². The van der Waals surface area contributed by atoms with E-state index in [1.165, 1.54) is 54.4 Å². The normalized spacial score (nSPS) is 12.2. The number of hydrogen-bond donors (Lipinski definition) is 3. The molecule has 3 heteroatoms. The van der Waals surface area contributed by atoms with Gasteiger partial charge in [0.25, 0.3) is 0 Å². The van der Waals surface area contributed by atoms with Crippen LogP contribution in [0.25, 0.3) is 0 Å². The van der Waals surface area contributed by atoms with Gasteiger partial charge in [-0.25, -0.2) is 0 Å². The summed E-state index contributed by atoms with van der Waals surface area (Å²) < 4.78 is 3.05. The second-order valence-corrected chi connectivity index (χ2v) is 7.08. The standard InChI is InChI=1S/C22H32N2S/c1-4-5-6-7-10-15-23-22(19-14-13-17(2)16-18(19)3)20-11-8-9-12-21(20)24-25/h8-9,11-14,16,22-25H,4-7,10,15H2,1-3H3. The molecule has 1 atom stereocenters. The number of unbranched alkanes of at least 4 members (excludes halogenated alkanes) is 4. The van der Waals surface area contributed by atoms with Crippen molar-refractivity contribution in [3.8, 4) is 0 Å². The number of nitrogens with one attached hydrogen (secondary N) is 2. The zero-order valence-corrected chi connectivity index (χ0v) is 16.7. The molecule has 0 heterocycles. The lowest BCUT2D eigenvalue weighted by atomic mass is 9.92. The lowest BCUT2D eigenvalue weighted by Crippen LogP contribution is -2.25. The van der Waals surface area contributed by atoms with E-state index < -0.39 is 0 Å². The predicted octanol–water partition coefficient (Wildman–Crippen LogP) is 6.21. The van der Waals surface area contributed by atoms with E-state index in [9.17, 15) is 0 Å². The van der Waals surface area contributed by atoms with E-state index in [1.807, 2.05) is 6.07 Å². The first-order valence-corrected chi connectivity index (χ1v) is 9.91. The summed E-state index contributed by atoms with van der Waals surface area (Å²) in [7, 11) is 0. The van der Waals surface area contributed by atoms with Crippen LogP contribution in [0.5, 0.6) is 0 Å². The molecule has 0 spiro atoms. The monoisotopic (exact) mass is 356 g/mol. The van der Waals surface area contributed by atoms with Crippen LogP contribution in [0.2, 0.25) is 0 Å². The van der Waals surface area contributed by atoms with E-state index >= 15 is 0 Å². The molecule has 2 aromatic rings. The minimum Gasteiger partial charge on any atom is -0.332 e. The molecule has 0 aromatic heterocycles. The highest BCUT2D eigenvalue weighted by Crippen LogP contribution is 2.31. The molecule has 2 nitrogen and oxygen atoms in total. The van der Waals surface area contributed by atoms with Crippen molar-refractivity contribution in [1.82, 2.24) is 5.32 Å². The molecule has 0 aliphatic rings. The van der Waals surface area contributed by atoms with E-state index in [2.05, 4.69) is 80.0 Å². The SMILES string of the molecule is CCCCCCCNC(c1ccc(C)cc1C)c1ccccc1NS. The fourth-order valence-electron chi connectivity index (χ4n) is 3.36. The van der Waals surface area contributed by atoms with Crippen molar-refractivity contribution in [3.05, 3.63) is 64.7 Å². The van der Waals surface area contributed by atoms with Gasteiger partial charge in [0.15, 0.2) is 0 Å². The third-order valence-corrected chi connectivity index (χ3v) is 5.00. The Morgan fingerprint density at radius 3 is 2.40 bits per heavy atom. The van der Waals surface area contributed by atoms with Gasteiger partial charge in [-0.05, 0) is 49.6 Å². The number of para-hydroxylation sites is 1. The molecule has 0 fully saturated rings. The first-order chi connectivity index (χ1) is 12.2. The molecule has 0 aliphatic carbocycles. The molecule has 136 valence electrons. The Hall–Kier alpha value is -1.45. The molecule has 0 saturated carbocycles. The van der Waals surface area contributed by atoms with Gasteiger partial charge in [-0.15, -0.1) is 0 Å². The smallest absolute Gasteiger partial charge is 0.0600 e. The van der Waals surface area contributed by atoms with Crippen LogP contribution >= 0.6 is 12.8 Å². The average molecular weight is 357 g/mol. The summed E-state index contributed by atoms with van der Waals surface area (Å²) in [5.74, 6) is 0. The largest absolute Gasteiger partial charge is 0.332 e. The number of benzene rings is 2. The zero-order chi connectivity index (χ0) is 18.1. The van der Waals surface area contributed by atoms with Crippen LogP contribution in [-0.4, -0.2) is 6.54 Å². The first-order valence-electron chi connectivity index (χ1n) is 9.47. The van der Waals surface area contributed by atoms with Crippen molar-refractivity contribution < 1.29 is 0 Å². The van der Waals surface area contributed by atoms with Crippen LogP contribution in [0.3, 0.4) is 0 Å².